The Bertz CT molecular complexity index is 690. The molecule has 0 atom stereocenters. The zero-order valence-corrected chi connectivity index (χ0v) is 11.0. The lowest BCUT2D eigenvalue weighted by Gasteiger charge is -2.09. The van der Waals surface area contributed by atoms with Crippen LogP contribution >= 0.6 is 0 Å². The molecule has 3 rings (SSSR count). The predicted molar refractivity (Wildman–Crippen MR) is 83.9 cm³/mol. The van der Waals surface area contributed by atoms with Crippen LogP contribution in [0.1, 0.15) is 0 Å². The van der Waals surface area contributed by atoms with Crippen LogP contribution in [0.3, 0.4) is 0 Å². The van der Waals surface area contributed by atoms with E-state index in [1.807, 2.05) is 60.7 Å². The fourth-order valence-corrected chi connectivity index (χ4v) is 2.24. The number of hydrogen-bond donors (Lipinski definition) is 2. The molecule has 3 aromatic rings. The SMILES string of the molecule is Nc1ccccc1-c1ccnc(-c2ccccc2N)c1. The minimum absolute atomic E-state index is 0.721. The summed E-state index contributed by atoms with van der Waals surface area (Å²) in [5, 5.41) is 0. The molecule has 0 saturated heterocycles. The first-order valence-corrected chi connectivity index (χ1v) is 6.41. The molecule has 0 radical (unpaired) electrons. The van der Waals surface area contributed by atoms with Crippen LogP contribution < -0.4 is 11.5 Å². The molecule has 1 heterocycles. The van der Waals surface area contributed by atoms with Gasteiger partial charge in [0.1, 0.15) is 0 Å². The lowest BCUT2D eigenvalue weighted by molar-refractivity contribution is 1.33. The van der Waals surface area contributed by atoms with Crippen molar-refractivity contribution in [1.29, 1.82) is 0 Å². The van der Waals surface area contributed by atoms with Gasteiger partial charge in [-0.2, -0.15) is 0 Å². The molecule has 1 aromatic heterocycles. The molecule has 3 nitrogen and oxygen atoms in total. The molecule has 0 fully saturated rings. The zero-order chi connectivity index (χ0) is 13.9. The first kappa shape index (κ1) is 12.2. The van der Waals surface area contributed by atoms with Crippen molar-refractivity contribution in [1.82, 2.24) is 4.98 Å². The summed E-state index contributed by atoms with van der Waals surface area (Å²) in [4.78, 5) is 4.40. The van der Waals surface area contributed by atoms with Crippen LogP contribution in [0.25, 0.3) is 22.4 Å². The molecule has 2 aromatic carbocycles. The van der Waals surface area contributed by atoms with Gasteiger partial charge in [-0.15, -0.1) is 0 Å². The number of para-hydroxylation sites is 2. The molecule has 0 amide bonds. The number of anilines is 2. The summed E-state index contributed by atoms with van der Waals surface area (Å²) < 4.78 is 0. The van der Waals surface area contributed by atoms with Gasteiger partial charge in [-0.3, -0.25) is 4.98 Å². The van der Waals surface area contributed by atoms with Gasteiger partial charge in [-0.25, -0.2) is 0 Å². The Labute approximate surface area is 117 Å². The van der Waals surface area contributed by atoms with E-state index in [1.54, 1.807) is 6.20 Å². The van der Waals surface area contributed by atoms with Crippen molar-refractivity contribution in [2.45, 2.75) is 0 Å². The van der Waals surface area contributed by atoms with E-state index >= 15 is 0 Å². The Kier molecular flexibility index (Phi) is 3.09. The van der Waals surface area contributed by atoms with Gasteiger partial charge in [0.2, 0.25) is 0 Å². The Morgan fingerprint density at radius 1 is 0.700 bits per heavy atom. The van der Waals surface area contributed by atoms with Gasteiger partial charge < -0.3 is 11.5 Å². The number of rotatable bonds is 2. The zero-order valence-electron chi connectivity index (χ0n) is 11.0. The van der Waals surface area contributed by atoms with E-state index in [0.717, 1.165) is 33.8 Å². The third kappa shape index (κ3) is 2.21. The van der Waals surface area contributed by atoms with Gasteiger partial charge in [0.25, 0.3) is 0 Å². The Hall–Kier alpha value is -2.81. The van der Waals surface area contributed by atoms with E-state index in [-0.39, 0.29) is 0 Å². The van der Waals surface area contributed by atoms with Crippen LogP contribution in [-0.2, 0) is 0 Å². The van der Waals surface area contributed by atoms with Crippen molar-refractivity contribution in [2.24, 2.45) is 0 Å². The van der Waals surface area contributed by atoms with Crippen molar-refractivity contribution in [3.8, 4) is 22.4 Å². The smallest absolute Gasteiger partial charge is 0.0728 e. The second kappa shape index (κ2) is 5.05. The summed E-state index contributed by atoms with van der Waals surface area (Å²) in [5.74, 6) is 0. The molecule has 98 valence electrons. The highest BCUT2D eigenvalue weighted by atomic mass is 14.7. The van der Waals surface area contributed by atoms with Crippen LogP contribution in [-0.4, -0.2) is 4.98 Å². The van der Waals surface area contributed by atoms with Gasteiger partial charge in [0.15, 0.2) is 0 Å². The Balaban J connectivity index is 2.12. The molecular formula is C17H15N3. The number of benzene rings is 2. The van der Waals surface area contributed by atoms with Crippen molar-refractivity contribution >= 4 is 11.4 Å². The fourth-order valence-electron chi connectivity index (χ4n) is 2.24. The average Bonchev–Trinajstić information content (AvgIpc) is 2.48. The van der Waals surface area contributed by atoms with Crippen LogP contribution in [0, 0.1) is 0 Å². The summed E-state index contributed by atoms with van der Waals surface area (Å²) in [6.45, 7) is 0. The molecular weight excluding hydrogens is 246 g/mol. The summed E-state index contributed by atoms with van der Waals surface area (Å²) in [5.41, 5.74) is 17.3. The van der Waals surface area contributed by atoms with Gasteiger partial charge in [-0.05, 0) is 29.8 Å². The molecule has 0 aliphatic rings. The van der Waals surface area contributed by atoms with E-state index in [0.29, 0.717) is 0 Å². The van der Waals surface area contributed by atoms with Crippen molar-refractivity contribution < 1.29 is 0 Å². The van der Waals surface area contributed by atoms with Gasteiger partial charge in [0.05, 0.1) is 5.69 Å². The number of nitrogens with two attached hydrogens (primary N) is 2. The van der Waals surface area contributed by atoms with Crippen LogP contribution in [0.2, 0.25) is 0 Å². The molecule has 0 aliphatic heterocycles. The summed E-state index contributed by atoms with van der Waals surface area (Å²) in [6, 6.07) is 19.5. The minimum atomic E-state index is 0.721. The van der Waals surface area contributed by atoms with Gasteiger partial charge in [0, 0.05) is 28.7 Å². The molecule has 4 N–H and O–H groups in total. The monoisotopic (exact) mass is 261 g/mol. The van der Waals surface area contributed by atoms with Crippen molar-refractivity contribution in [2.75, 3.05) is 11.5 Å². The Morgan fingerprint density at radius 2 is 1.30 bits per heavy atom. The third-order valence-corrected chi connectivity index (χ3v) is 3.27. The van der Waals surface area contributed by atoms with Crippen LogP contribution in [0.5, 0.6) is 0 Å². The normalized spacial score (nSPS) is 10.4. The van der Waals surface area contributed by atoms with E-state index in [1.165, 1.54) is 0 Å². The van der Waals surface area contributed by atoms with Gasteiger partial charge >= 0.3 is 0 Å². The molecule has 20 heavy (non-hydrogen) atoms. The molecule has 0 spiro atoms. The first-order valence-electron chi connectivity index (χ1n) is 6.41. The highest BCUT2D eigenvalue weighted by Crippen LogP contribution is 2.30. The Morgan fingerprint density at radius 3 is 1.95 bits per heavy atom. The highest BCUT2D eigenvalue weighted by molar-refractivity contribution is 5.81. The lowest BCUT2D eigenvalue weighted by Crippen LogP contribution is -1.93. The van der Waals surface area contributed by atoms with E-state index in [9.17, 15) is 0 Å². The molecule has 0 aliphatic carbocycles. The minimum Gasteiger partial charge on any atom is -0.398 e. The highest BCUT2D eigenvalue weighted by Gasteiger charge is 2.07. The number of pyridine rings is 1. The maximum Gasteiger partial charge on any atom is 0.0728 e. The molecule has 3 heteroatoms. The number of hydrogen-bond acceptors (Lipinski definition) is 3. The number of aromatic nitrogens is 1. The number of nitrogen functional groups attached to an aromatic ring is 2. The van der Waals surface area contributed by atoms with Crippen LogP contribution in [0.15, 0.2) is 66.9 Å². The average molecular weight is 261 g/mol. The summed E-state index contributed by atoms with van der Waals surface area (Å²) in [6.07, 6.45) is 1.78. The first-order chi connectivity index (χ1) is 9.75. The fraction of sp³-hybridized carbons (Fsp3) is 0. The summed E-state index contributed by atoms with van der Waals surface area (Å²) in [7, 11) is 0. The topological polar surface area (TPSA) is 64.9 Å². The second-order valence-electron chi connectivity index (χ2n) is 4.60. The van der Waals surface area contributed by atoms with Crippen molar-refractivity contribution in [3.05, 3.63) is 66.9 Å². The maximum absolute atomic E-state index is 6.03. The second-order valence-corrected chi connectivity index (χ2v) is 4.60. The number of nitrogens with zero attached hydrogens (tertiary/aromatic N) is 1. The maximum atomic E-state index is 6.03. The predicted octanol–water partition coefficient (Wildman–Crippen LogP) is 3.58. The van der Waals surface area contributed by atoms with E-state index in [4.69, 9.17) is 11.5 Å². The van der Waals surface area contributed by atoms with Crippen molar-refractivity contribution in [3.63, 3.8) is 0 Å². The lowest BCUT2D eigenvalue weighted by atomic mass is 10.0. The van der Waals surface area contributed by atoms with E-state index < -0.39 is 0 Å². The van der Waals surface area contributed by atoms with E-state index in [2.05, 4.69) is 4.98 Å². The quantitative estimate of drug-likeness (QED) is 0.693. The van der Waals surface area contributed by atoms with Gasteiger partial charge in [-0.1, -0.05) is 36.4 Å². The third-order valence-electron chi connectivity index (χ3n) is 3.27. The summed E-state index contributed by atoms with van der Waals surface area (Å²) >= 11 is 0. The molecule has 0 unspecified atom stereocenters. The standard InChI is InChI=1S/C17H15N3/c18-15-7-3-1-5-13(15)12-9-10-20-17(11-12)14-6-2-4-8-16(14)19/h1-11H,18-19H2. The molecule has 0 bridgehead atoms. The molecule has 0 saturated carbocycles. The van der Waals surface area contributed by atoms with Crippen LogP contribution in [0.4, 0.5) is 11.4 Å². The largest absolute Gasteiger partial charge is 0.398 e.